The van der Waals surface area contributed by atoms with Crippen LogP contribution in [-0.4, -0.2) is 10.9 Å². The third-order valence-corrected chi connectivity index (χ3v) is 39.9. The molecule has 1 atom stereocenters. The molecule has 0 aromatic rings. The van der Waals surface area contributed by atoms with E-state index in [0.29, 0.717) is 0 Å². The Morgan fingerprint density at radius 2 is 1.80 bits per heavy atom. The summed E-state index contributed by atoms with van der Waals surface area (Å²) in [6.45, 7) is 4.22. The number of allylic oxidation sites excluding steroid dienone is 6. The van der Waals surface area contributed by atoms with Crippen LogP contribution in [0.15, 0.2) is 34.7 Å². The van der Waals surface area contributed by atoms with Crippen LogP contribution < -0.4 is 0 Å². The van der Waals surface area contributed by atoms with Crippen LogP contribution in [0.1, 0.15) is 6.92 Å². The summed E-state index contributed by atoms with van der Waals surface area (Å²) in [4.78, 5) is 0. The first-order chi connectivity index (χ1) is 6.76. The molecule has 0 saturated heterocycles. The molecule has 6 heteroatoms. The van der Waals surface area contributed by atoms with Gasteiger partial charge in [-0.2, -0.15) is 0 Å². The second-order valence-electron chi connectivity index (χ2n) is 3.81. The van der Waals surface area contributed by atoms with Gasteiger partial charge in [0.15, 0.2) is 0 Å². The van der Waals surface area contributed by atoms with Crippen LogP contribution in [0.5, 0.6) is 0 Å². The Kier molecular flexibility index (Phi) is 3.65. The van der Waals surface area contributed by atoms with Gasteiger partial charge in [-0.25, -0.2) is 0 Å². The molecule has 0 amide bonds. The average molecular weight is 426 g/mol. The number of rotatable bonds is 1. The van der Waals surface area contributed by atoms with E-state index in [0.717, 1.165) is 4.20 Å². The molecule has 15 heavy (non-hydrogen) atoms. The summed E-state index contributed by atoms with van der Waals surface area (Å²) in [6, 6.07) is 0. The SMILES string of the molecule is CC1=CC2=CC(Br)=[P](C)([Zr]([Cl])([Cl])[Cl])C2=C1. The van der Waals surface area contributed by atoms with Gasteiger partial charge < -0.3 is 0 Å². The van der Waals surface area contributed by atoms with Gasteiger partial charge in [0.2, 0.25) is 0 Å². The second kappa shape index (κ2) is 4.15. The minimum atomic E-state index is -3.50. The zero-order valence-corrected chi connectivity index (χ0v) is 15.4. The number of hydrogen-bond acceptors (Lipinski definition) is 0. The van der Waals surface area contributed by atoms with Crippen molar-refractivity contribution in [3.05, 3.63) is 34.7 Å². The molecule has 0 aromatic carbocycles. The molecule has 1 aliphatic heterocycles. The van der Waals surface area contributed by atoms with Crippen molar-refractivity contribution in [2.45, 2.75) is 6.92 Å². The summed E-state index contributed by atoms with van der Waals surface area (Å²) in [5, 5.41) is 1.28. The van der Waals surface area contributed by atoms with Crippen molar-refractivity contribution in [3.8, 4) is 0 Å². The molecule has 82 valence electrons. The minimum absolute atomic E-state index is 1.12. The van der Waals surface area contributed by atoms with Gasteiger partial charge in [0.25, 0.3) is 0 Å². The van der Waals surface area contributed by atoms with E-state index >= 15 is 0 Å². The van der Waals surface area contributed by atoms with Crippen LogP contribution >= 0.6 is 45.6 Å². The standard InChI is InChI=1S/C9H9BrP.3ClH.Zr/c1-6-3-7-5-9(10)11(2)8(7)4-6;;;;/h3-5H,1-2H3;3*1H;/q+1;;;;+2/p-3. The van der Waals surface area contributed by atoms with Crippen LogP contribution in [0.4, 0.5) is 0 Å². The summed E-state index contributed by atoms with van der Waals surface area (Å²) >= 11 is 0.0886. The molecule has 1 unspecified atom stereocenters. The topological polar surface area (TPSA) is 0 Å². The van der Waals surface area contributed by atoms with E-state index in [2.05, 4.69) is 47.7 Å². The molecule has 0 N–H and O–H groups in total. The van der Waals surface area contributed by atoms with Gasteiger partial charge in [-0.1, -0.05) is 0 Å². The first-order valence-electron chi connectivity index (χ1n) is 4.36. The predicted molar refractivity (Wildman–Crippen MR) is 74.3 cm³/mol. The van der Waals surface area contributed by atoms with E-state index < -0.39 is 20.3 Å². The molecule has 0 radical (unpaired) electrons. The Morgan fingerprint density at radius 3 is 2.33 bits per heavy atom. The molecule has 0 saturated carbocycles. The van der Waals surface area contributed by atoms with Crippen molar-refractivity contribution < 1.29 is 16.1 Å². The second-order valence-corrected chi connectivity index (χ2v) is 39.3. The van der Waals surface area contributed by atoms with Gasteiger partial charge in [0.1, 0.15) is 0 Å². The van der Waals surface area contributed by atoms with Crippen LogP contribution in [0.3, 0.4) is 0 Å². The molecular formula is C9H9BrCl3PZr. The Labute approximate surface area is 113 Å². The predicted octanol–water partition coefficient (Wildman–Crippen LogP) is 5.47. The zero-order valence-electron chi connectivity index (χ0n) is 8.19. The molecule has 1 aliphatic carbocycles. The van der Waals surface area contributed by atoms with Crippen LogP contribution in [-0.2, 0) is 16.1 Å². The van der Waals surface area contributed by atoms with E-state index in [4.69, 9.17) is 25.5 Å². The number of halogens is 4. The molecule has 0 aromatic heterocycles. The molecule has 0 spiro atoms. The molecule has 2 rings (SSSR count). The van der Waals surface area contributed by atoms with Crippen molar-refractivity contribution in [3.63, 3.8) is 0 Å². The maximum atomic E-state index is 6.33. The van der Waals surface area contributed by atoms with E-state index in [-0.39, 0.29) is 0 Å². The van der Waals surface area contributed by atoms with Gasteiger partial charge in [-0.05, 0) is 0 Å². The van der Waals surface area contributed by atoms with Crippen molar-refractivity contribution >= 4 is 49.9 Å². The van der Waals surface area contributed by atoms with Crippen molar-refractivity contribution in [2.24, 2.45) is 0 Å². The van der Waals surface area contributed by atoms with Crippen molar-refractivity contribution in [1.29, 1.82) is 0 Å². The normalized spacial score (nSPS) is 30.0. The van der Waals surface area contributed by atoms with Crippen LogP contribution in [0.25, 0.3) is 0 Å². The van der Waals surface area contributed by atoms with Crippen molar-refractivity contribution in [2.75, 3.05) is 6.66 Å². The molecule has 0 fully saturated rings. The Bertz CT molecular complexity index is 482. The molecule has 0 bridgehead atoms. The number of fused-ring (bicyclic) bond motifs is 1. The first kappa shape index (κ1) is 13.2. The van der Waals surface area contributed by atoms with Crippen LogP contribution in [0.2, 0.25) is 0 Å². The molecule has 0 nitrogen and oxygen atoms in total. The van der Waals surface area contributed by atoms with Gasteiger partial charge in [0, 0.05) is 0 Å². The molecule has 1 heterocycles. The van der Waals surface area contributed by atoms with E-state index in [1.165, 1.54) is 16.5 Å². The molecule has 2 aliphatic rings. The van der Waals surface area contributed by atoms with E-state index in [1.54, 1.807) is 0 Å². The van der Waals surface area contributed by atoms with Gasteiger partial charge in [-0.3, -0.25) is 0 Å². The molecular weight excluding hydrogens is 417 g/mol. The van der Waals surface area contributed by atoms with Crippen molar-refractivity contribution in [1.82, 2.24) is 0 Å². The Morgan fingerprint density at radius 1 is 1.20 bits per heavy atom. The Balaban J connectivity index is 2.64. The summed E-state index contributed by atoms with van der Waals surface area (Å²) in [6.07, 6.45) is 6.45. The summed E-state index contributed by atoms with van der Waals surface area (Å²) < 4.78 is -0.559. The van der Waals surface area contributed by atoms with Gasteiger partial charge >= 0.3 is 114 Å². The fraction of sp³-hybridized carbons (Fsp3) is 0.222. The van der Waals surface area contributed by atoms with E-state index in [1.807, 2.05) is 0 Å². The third-order valence-electron chi connectivity index (χ3n) is 2.73. The van der Waals surface area contributed by atoms with E-state index in [9.17, 15) is 0 Å². The fourth-order valence-electron chi connectivity index (χ4n) is 1.79. The maximum absolute atomic E-state index is 6.33. The van der Waals surface area contributed by atoms with Crippen LogP contribution in [0, 0.1) is 0 Å². The fourth-order valence-corrected chi connectivity index (χ4v) is 30.4. The summed E-state index contributed by atoms with van der Waals surface area (Å²) in [7, 11) is 19.0. The monoisotopic (exact) mass is 422 g/mol. The van der Waals surface area contributed by atoms with Gasteiger partial charge in [0.05, 0.1) is 0 Å². The number of hydrogen-bond donors (Lipinski definition) is 0. The Hall–Kier alpha value is 1.75. The quantitative estimate of drug-likeness (QED) is 0.489. The zero-order chi connectivity index (χ0) is 11.4. The first-order valence-corrected chi connectivity index (χ1v) is 20.2. The third kappa shape index (κ3) is 1.98. The summed E-state index contributed by atoms with van der Waals surface area (Å²) in [5.74, 6) is 0. The van der Waals surface area contributed by atoms with Gasteiger partial charge in [-0.15, -0.1) is 0 Å². The summed E-state index contributed by atoms with van der Waals surface area (Å²) in [5.41, 5.74) is 2.49. The average Bonchev–Trinajstić information content (AvgIpc) is 2.51.